The molecular formula is C30H33F2N3O3. The highest BCUT2D eigenvalue weighted by atomic mass is 19.1. The lowest BCUT2D eigenvalue weighted by atomic mass is 10.00. The molecule has 0 spiro atoms. The van der Waals surface area contributed by atoms with Crippen molar-refractivity contribution in [3.63, 3.8) is 0 Å². The molecule has 200 valence electrons. The number of carbonyl (C=O) groups excluding carboxylic acids is 1. The number of hydrogen-bond acceptors (Lipinski definition) is 4. The Kier molecular flexibility index (Phi) is 9.10. The highest BCUT2D eigenvalue weighted by molar-refractivity contribution is 5.98. The van der Waals surface area contributed by atoms with Gasteiger partial charge in [0.15, 0.2) is 0 Å². The van der Waals surface area contributed by atoms with Crippen molar-refractivity contribution >= 4 is 16.8 Å². The van der Waals surface area contributed by atoms with E-state index in [0.717, 1.165) is 41.2 Å². The van der Waals surface area contributed by atoms with Crippen LogP contribution in [0, 0.1) is 11.6 Å². The van der Waals surface area contributed by atoms with Gasteiger partial charge >= 0.3 is 0 Å². The van der Waals surface area contributed by atoms with Crippen molar-refractivity contribution in [3.8, 4) is 5.75 Å². The Morgan fingerprint density at radius 1 is 1.03 bits per heavy atom. The Labute approximate surface area is 221 Å². The van der Waals surface area contributed by atoms with Gasteiger partial charge in [0.1, 0.15) is 17.4 Å². The average Bonchev–Trinajstić information content (AvgIpc) is 3.30. The lowest BCUT2D eigenvalue weighted by Gasteiger charge is -2.25. The highest BCUT2D eigenvalue weighted by Gasteiger charge is 2.23. The van der Waals surface area contributed by atoms with Crippen LogP contribution in [-0.4, -0.2) is 41.4 Å². The maximum absolute atomic E-state index is 13.9. The molecule has 0 saturated heterocycles. The summed E-state index contributed by atoms with van der Waals surface area (Å²) in [7, 11) is 1.59. The number of nitrogens with zero attached hydrogens (tertiary/aromatic N) is 1. The van der Waals surface area contributed by atoms with Crippen LogP contribution in [0.4, 0.5) is 8.78 Å². The molecule has 4 rings (SSSR count). The predicted molar refractivity (Wildman–Crippen MR) is 144 cm³/mol. The summed E-state index contributed by atoms with van der Waals surface area (Å²) in [6.07, 6.45) is 1.98. The standard InChI is InChI=1S/C30H33F2N3O3/c1-3-10-35-11-9-22-7-8-23(16-28(22)35)30(37)34-27(15-21-12-24(31)17-25(32)13-21)29(36)19-33-18-20-5-4-6-26(14-20)38-2/h4-9,11-14,16-17,27,29,33,36H,3,10,15,18-19H2,1-2H3,(H,34,37)/t27-,29-/m0/s1. The second-order valence-electron chi connectivity index (χ2n) is 9.39. The van der Waals surface area contributed by atoms with Gasteiger partial charge in [-0.3, -0.25) is 4.79 Å². The Bertz CT molecular complexity index is 1370. The zero-order valence-corrected chi connectivity index (χ0v) is 21.6. The molecule has 38 heavy (non-hydrogen) atoms. The van der Waals surface area contributed by atoms with Gasteiger partial charge in [-0.25, -0.2) is 8.78 Å². The number of hydrogen-bond donors (Lipinski definition) is 3. The number of aryl methyl sites for hydroxylation is 1. The fraction of sp³-hybridized carbons (Fsp3) is 0.300. The maximum atomic E-state index is 13.9. The first-order chi connectivity index (χ1) is 18.4. The molecule has 0 fully saturated rings. The Hall–Kier alpha value is -3.75. The quantitative estimate of drug-likeness (QED) is 0.250. The smallest absolute Gasteiger partial charge is 0.251 e. The van der Waals surface area contributed by atoms with Crippen molar-refractivity contribution in [2.24, 2.45) is 0 Å². The van der Waals surface area contributed by atoms with Crippen LogP contribution in [0.3, 0.4) is 0 Å². The number of amides is 1. The second kappa shape index (κ2) is 12.7. The number of nitrogens with one attached hydrogen (secondary N) is 2. The van der Waals surface area contributed by atoms with Gasteiger partial charge < -0.3 is 25.0 Å². The first-order valence-corrected chi connectivity index (χ1v) is 12.7. The van der Waals surface area contributed by atoms with E-state index in [1.54, 1.807) is 13.2 Å². The molecule has 0 radical (unpaired) electrons. The number of fused-ring (bicyclic) bond motifs is 1. The number of benzene rings is 3. The number of aliphatic hydroxyl groups is 1. The van der Waals surface area contributed by atoms with Crippen LogP contribution in [-0.2, 0) is 19.5 Å². The lowest BCUT2D eigenvalue weighted by Crippen LogP contribution is -2.48. The predicted octanol–water partition coefficient (Wildman–Crippen LogP) is 4.83. The number of carbonyl (C=O) groups is 1. The number of rotatable bonds is 12. The molecule has 0 aliphatic rings. The van der Waals surface area contributed by atoms with E-state index in [-0.39, 0.29) is 18.9 Å². The fourth-order valence-corrected chi connectivity index (χ4v) is 4.57. The van der Waals surface area contributed by atoms with Gasteiger partial charge in [0.2, 0.25) is 0 Å². The summed E-state index contributed by atoms with van der Waals surface area (Å²) in [5.41, 5.74) is 2.70. The summed E-state index contributed by atoms with van der Waals surface area (Å²) in [4.78, 5) is 13.3. The molecule has 3 N–H and O–H groups in total. The summed E-state index contributed by atoms with van der Waals surface area (Å²) in [6.45, 7) is 3.54. The number of aliphatic hydroxyl groups excluding tert-OH is 1. The first-order valence-electron chi connectivity index (χ1n) is 12.7. The molecule has 0 saturated carbocycles. The Morgan fingerprint density at radius 3 is 2.55 bits per heavy atom. The molecule has 1 amide bonds. The molecule has 6 nitrogen and oxygen atoms in total. The molecule has 1 aromatic heterocycles. The molecule has 3 aromatic carbocycles. The van der Waals surface area contributed by atoms with E-state index in [1.807, 2.05) is 48.7 Å². The number of aromatic nitrogens is 1. The normalized spacial score (nSPS) is 12.9. The average molecular weight is 522 g/mol. The first kappa shape index (κ1) is 27.3. The van der Waals surface area contributed by atoms with Gasteiger partial charge in [0.25, 0.3) is 5.91 Å². The second-order valence-corrected chi connectivity index (χ2v) is 9.39. The van der Waals surface area contributed by atoms with Crippen molar-refractivity contribution < 1.29 is 23.4 Å². The van der Waals surface area contributed by atoms with Crippen LogP contribution < -0.4 is 15.4 Å². The van der Waals surface area contributed by atoms with Crippen molar-refractivity contribution in [1.82, 2.24) is 15.2 Å². The van der Waals surface area contributed by atoms with Crippen LogP contribution in [0.25, 0.3) is 10.9 Å². The van der Waals surface area contributed by atoms with Crippen LogP contribution in [0.5, 0.6) is 5.75 Å². The summed E-state index contributed by atoms with van der Waals surface area (Å²) in [5.74, 6) is -1.06. The van der Waals surface area contributed by atoms with Crippen molar-refractivity contribution in [2.75, 3.05) is 13.7 Å². The zero-order valence-electron chi connectivity index (χ0n) is 21.6. The molecule has 8 heteroatoms. The van der Waals surface area contributed by atoms with Gasteiger partial charge in [0, 0.05) is 43.0 Å². The maximum Gasteiger partial charge on any atom is 0.251 e. The molecular weight excluding hydrogens is 488 g/mol. The van der Waals surface area contributed by atoms with Crippen molar-refractivity contribution in [3.05, 3.63) is 101 Å². The van der Waals surface area contributed by atoms with E-state index < -0.39 is 23.8 Å². The van der Waals surface area contributed by atoms with Crippen LogP contribution in [0.1, 0.15) is 34.8 Å². The van der Waals surface area contributed by atoms with Crippen LogP contribution >= 0.6 is 0 Å². The fourth-order valence-electron chi connectivity index (χ4n) is 4.57. The molecule has 1 heterocycles. The number of methoxy groups -OCH3 is 1. The number of halogens is 2. The molecule has 4 aromatic rings. The van der Waals surface area contributed by atoms with E-state index >= 15 is 0 Å². The third kappa shape index (κ3) is 6.96. The lowest BCUT2D eigenvalue weighted by molar-refractivity contribution is 0.0830. The third-order valence-electron chi connectivity index (χ3n) is 6.48. The van der Waals surface area contributed by atoms with E-state index in [2.05, 4.69) is 22.1 Å². The SMILES string of the molecule is CCCn1ccc2ccc(C(=O)N[C@@H](Cc3cc(F)cc(F)c3)[C@@H](O)CNCc3cccc(OC)c3)cc21. The minimum absolute atomic E-state index is 0.0525. The van der Waals surface area contributed by atoms with Crippen LogP contribution in [0.15, 0.2) is 72.9 Å². The minimum Gasteiger partial charge on any atom is -0.497 e. The molecule has 0 aliphatic carbocycles. The highest BCUT2D eigenvalue weighted by Crippen LogP contribution is 2.19. The van der Waals surface area contributed by atoms with Gasteiger partial charge in [-0.05, 0) is 71.8 Å². The van der Waals surface area contributed by atoms with E-state index in [9.17, 15) is 18.7 Å². The molecule has 0 unspecified atom stereocenters. The molecule has 2 atom stereocenters. The topological polar surface area (TPSA) is 75.5 Å². The largest absolute Gasteiger partial charge is 0.497 e. The van der Waals surface area contributed by atoms with E-state index in [0.29, 0.717) is 17.7 Å². The van der Waals surface area contributed by atoms with Gasteiger partial charge in [0.05, 0.1) is 19.3 Å². The van der Waals surface area contributed by atoms with Gasteiger partial charge in [-0.1, -0.05) is 25.1 Å². The van der Waals surface area contributed by atoms with Crippen molar-refractivity contribution in [1.29, 1.82) is 0 Å². The minimum atomic E-state index is -1.02. The monoisotopic (exact) mass is 521 g/mol. The number of ether oxygens (including phenoxy) is 1. The zero-order chi connectivity index (χ0) is 27.1. The van der Waals surface area contributed by atoms with Crippen LogP contribution in [0.2, 0.25) is 0 Å². The van der Waals surface area contributed by atoms with E-state index in [1.165, 1.54) is 12.1 Å². The Morgan fingerprint density at radius 2 is 1.82 bits per heavy atom. The Balaban J connectivity index is 1.50. The summed E-state index contributed by atoms with van der Waals surface area (Å²) < 4.78 is 35.1. The summed E-state index contributed by atoms with van der Waals surface area (Å²) >= 11 is 0. The summed E-state index contributed by atoms with van der Waals surface area (Å²) in [6, 6.07) is 17.4. The van der Waals surface area contributed by atoms with Gasteiger partial charge in [-0.15, -0.1) is 0 Å². The summed E-state index contributed by atoms with van der Waals surface area (Å²) in [5, 5.41) is 18.2. The van der Waals surface area contributed by atoms with Gasteiger partial charge in [-0.2, -0.15) is 0 Å². The van der Waals surface area contributed by atoms with E-state index in [4.69, 9.17) is 4.74 Å². The molecule has 0 aliphatic heterocycles. The molecule has 0 bridgehead atoms. The third-order valence-corrected chi connectivity index (χ3v) is 6.48. The van der Waals surface area contributed by atoms with Crippen molar-refractivity contribution in [2.45, 2.75) is 45.0 Å².